The lowest BCUT2D eigenvalue weighted by Gasteiger charge is -2.07. The van der Waals surface area contributed by atoms with E-state index in [2.05, 4.69) is 11.4 Å². The van der Waals surface area contributed by atoms with E-state index in [0.717, 1.165) is 11.3 Å². The summed E-state index contributed by atoms with van der Waals surface area (Å²) < 4.78 is 1.99. The quantitative estimate of drug-likeness (QED) is 0.902. The molecule has 2 rings (SSSR count). The summed E-state index contributed by atoms with van der Waals surface area (Å²) in [5.41, 5.74) is 2.53. The predicted octanol–water partition coefficient (Wildman–Crippen LogP) is 3.16. The van der Waals surface area contributed by atoms with E-state index in [0.29, 0.717) is 17.1 Å². The summed E-state index contributed by atoms with van der Waals surface area (Å²) in [5, 5.41) is 12.8. The molecular formula is C13H12ClN3. The average molecular weight is 246 g/mol. The number of nitriles is 1. The van der Waals surface area contributed by atoms with Gasteiger partial charge in [0.1, 0.15) is 6.07 Å². The highest BCUT2D eigenvalue weighted by molar-refractivity contribution is 6.30. The van der Waals surface area contributed by atoms with E-state index in [1.54, 1.807) is 18.2 Å². The predicted molar refractivity (Wildman–Crippen MR) is 68.9 cm³/mol. The molecule has 1 aromatic carbocycles. The van der Waals surface area contributed by atoms with Gasteiger partial charge in [0.25, 0.3) is 0 Å². The molecule has 0 radical (unpaired) electrons. The highest BCUT2D eigenvalue weighted by Crippen LogP contribution is 2.21. The number of aryl methyl sites for hydroxylation is 1. The Morgan fingerprint density at radius 1 is 1.41 bits per heavy atom. The van der Waals surface area contributed by atoms with E-state index in [-0.39, 0.29) is 0 Å². The van der Waals surface area contributed by atoms with Crippen LogP contribution < -0.4 is 5.32 Å². The van der Waals surface area contributed by atoms with Crippen LogP contribution in [0.5, 0.6) is 0 Å². The van der Waals surface area contributed by atoms with Gasteiger partial charge in [-0.3, -0.25) is 0 Å². The zero-order chi connectivity index (χ0) is 12.3. The second-order valence-electron chi connectivity index (χ2n) is 3.84. The molecule has 0 aliphatic carbocycles. The van der Waals surface area contributed by atoms with Gasteiger partial charge in [-0.15, -0.1) is 0 Å². The molecule has 1 aromatic heterocycles. The summed E-state index contributed by atoms with van der Waals surface area (Å²) in [6.07, 6.45) is 4.02. The zero-order valence-electron chi connectivity index (χ0n) is 9.44. The highest BCUT2D eigenvalue weighted by Gasteiger charge is 2.03. The van der Waals surface area contributed by atoms with Crippen molar-refractivity contribution >= 4 is 17.3 Å². The Hall–Kier alpha value is -1.92. The number of halogens is 1. The third-order valence-electron chi connectivity index (χ3n) is 2.48. The van der Waals surface area contributed by atoms with E-state index in [1.807, 2.05) is 30.1 Å². The van der Waals surface area contributed by atoms with Crippen molar-refractivity contribution in [1.29, 1.82) is 5.26 Å². The minimum atomic E-state index is 0.602. The summed E-state index contributed by atoms with van der Waals surface area (Å²) in [4.78, 5) is 0. The molecule has 0 fully saturated rings. The molecule has 2 aromatic rings. The second-order valence-corrected chi connectivity index (χ2v) is 4.28. The number of aromatic nitrogens is 1. The molecule has 1 heterocycles. The third kappa shape index (κ3) is 2.80. The van der Waals surface area contributed by atoms with Gasteiger partial charge in [-0.2, -0.15) is 5.26 Å². The first-order valence-corrected chi connectivity index (χ1v) is 5.61. The van der Waals surface area contributed by atoms with Crippen LogP contribution in [0, 0.1) is 11.3 Å². The molecule has 0 aliphatic heterocycles. The molecule has 0 atom stereocenters. The molecule has 0 saturated heterocycles. The molecule has 0 unspecified atom stereocenters. The Labute approximate surface area is 105 Å². The molecule has 0 aliphatic rings. The van der Waals surface area contributed by atoms with Crippen molar-refractivity contribution < 1.29 is 0 Å². The van der Waals surface area contributed by atoms with Crippen LogP contribution in [0.1, 0.15) is 11.1 Å². The molecule has 0 amide bonds. The maximum absolute atomic E-state index is 8.97. The Morgan fingerprint density at radius 2 is 2.24 bits per heavy atom. The monoisotopic (exact) mass is 245 g/mol. The number of rotatable bonds is 3. The van der Waals surface area contributed by atoms with Crippen molar-refractivity contribution in [3.05, 3.63) is 52.8 Å². The van der Waals surface area contributed by atoms with Crippen LogP contribution in [0.3, 0.4) is 0 Å². The summed E-state index contributed by atoms with van der Waals surface area (Å²) in [7, 11) is 1.98. The number of anilines is 1. The first-order chi connectivity index (χ1) is 8.19. The van der Waals surface area contributed by atoms with E-state index in [4.69, 9.17) is 16.9 Å². The molecule has 86 valence electrons. The second kappa shape index (κ2) is 4.94. The van der Waals surface area contributed by atoms with Gasteiger partial charge in [0.2, 0.25) is 0 Å². The lowest BCUT2D eigenvalue weighted by Crippen LogP contribution is -2.00. The number of hydrogen-bond donors (Lipinski definition) is 1. The maximum Gasteiger partial charge on any atom is 0.101 e. The smallest absolute Gasteiger partial charge is 0.101 e. The Morgan fingerprint density at radius 3 is 2.88 bits per heavy atom. The molecule has 0 saturated carbocycles. The van der Waals surface area contributed by atoms with Gasteiger partial charge in [-0.1, -0.05) is 11.6 Å². The van der Waals surface area contributed by atoms with Gasteiger partial charge in [-0.05, 0) is 29.8 Å². The van der Waals surface area contributed by atoms with E-state index in [1.165, 1.54) is 0 Å². The van der Waals surface area contributed by atoms with E-state index < -0.39 is 0 Å². The first kappa shape index (κ1) is 11.6. The summed E-state index contributed by atoms with van der Waals surface area (Å²) in [6, 6.07) is 9.37. The molecule has 4 heteroatoms. The van der Waals surface area contributed by atoms with Gasteiger partial charge in [0, 0.05) is 31.0 Å². The Bertz CT molecular complexity index is 566. The van der Waals surface area contributed by atoms with Crippen molar-refractivity contribution in [3.8, 4) is 6.07 Å². The topological polar surface area (TPSA) is 40.8 Å². The Kier molecular flexibility index (Phi) is 3.36. The largest absolute Gasteiger partial charge is 0.380 e. The lowest BCUT2D eigenvalue weighted by atomic mass is 10.2. The van der Waals surface area contributed by atoms with Gasteiger partial charge in [-0.25, -0.2) is 0 Å². The van der Waals surface area contributed by atoms with E-state index in [9.17, 15) is 0 Å². The van der Waals surface area contributed by atoms with Crippen molar-refractivity contribution in [2.24, 2.45) is 7.05 Å². The summed E-state index contributed by atoms with van der Waals surface area (Å²) in [5.74, 6) is 0. The average Bonchev–Trinajstić information content (AvgIpc) is 2.73. The zero-order valence-corrected chi connectivity index (χ0v) is 10.2. The maximum atomic E-state index is 8.97. The Balaban J connectivity index is 2.13. The lowest BCUT2D eigenvalue weighted by molar-refractivity contribution is 0.920. The van der Waals surface area contributed by atoms with Crippen LogP contribution in [-0.4, -0.2) is 4.57 Å². The van der Waals surface area contributed by atoms with Gasteiger partial charge < -0.3 is 9.88 Å². The van der Waals surface area contributed by atoms with Crippen LogP contribution in [0.25, 0.3) is 0 Å². The van der Waals surface area contributed by atoms with Crippen molar-refractivity contribution in [3.63, 3.8) is 0 Å². The van der Waals surface area contributed by atoms with Crippen molar-refractivity contribution in [2.75, 3.05) is 5.32 Å². The number of hydrogen-bond acceptors (Lipinski definition) is 2. The number of nitrogens with one attached hydrogen (secondary N) is 1. The van der Waals surface area contributed by atoms with Crippen molar-refractivity contribution in [1.82, 2.24) is 4.57 Å². The normalized spacial score (nSPS) is 9.94. The highest BCUT2D eigenvalue weighted by atomic mass is 35.5. The first-order valence-electron chi connectivity index (χ1n) is 5.23. The molecular weight excluding hydrogens is 234 g/mol. The van der Waals surface area contributed by atoms with Crippen LogP contribution >= 0.6 is 11.6 Å². The fourth-order valence-corrected chi connectivity index (χ4v) is 1.80. The SMILES string of the molecule is Cn1ccc(CNc2cc(Cl)ccc2C#N)c1. The fraction of sp³-hybridized carbons (Fsp3) is 0.154. The standard InChI is InChI=1S/C13H12ClN3/c1-17-5-4-10(9-17)8-16-13-6-12(14)3-2-11(13)7-15/h2-6,9,16H,8H2,1H3. The summed E-state index contributed by atoms with van der Waals surface area (Å²) >= 11 is 5.91. The summed E-state index contributed by atoms with van der Waals surface area (Å²) in [6.45, 7) is 0.676. The van der Waals surface area contributed by atoms with Crippen molar-refractivity contribution in [2.45, 2.75) is 6.54 Å². The minimum Gasteiger partial charge on any atom is -0.380 e. The van der Waals surface area contributed by atoms with Crippen LogP contribution in [-0.2, 0) is 13.6 Å². The van der Waals surface area contributed by atoms with Gasteiger partial charge >= 0.3 is 0 Å². The number of benzene rings is 1. The minimum absolute atomic E-state index is 0.602. The fourth-order valence-electron chi connectivity index (χ4n) is 1.62. The van der Waals surface area contributed by atoms with Crippen LogP contribution in [0.4, 0.5) is 5.69 Å². The molecule has 0 spiro atoms. The third-order valence-corrected chi connectivity index (χ3v) is 2.71. The molecule has 3 nitrogen and oxygen atoms in total. The molecule has 17 heavy (non-hydrogen) atoms. The van der Waals surface area contributed by atoms with Gasteiger partial charge in [0.15, 0.2) is 0 Å². The van der Waals surface area contributed by atoms with Gasteiger partial charge in [0.05, 0.1) is 11.3 Å². The number of nitrogens with zero attached hydrogens (tertiary/aromatic N) is 2. The molecule has 0 bridgehead atoms. The molecule has 1 N–H and O–H groups in total. The van der Waals surface area contributed by atoms with E-state index >= 15 is 0 Å². The van der Waals surface area contributed by atoms with Crippen LogP contribution in [0.15, 0.2) is 36.7 Å². The van der Waals surface area contributed by atoms with Crippen LogP contribution in [0.2, 0.25) is 5.02 Å².